The van der Waals surface area contributed by atoms with Crippen LogP contribution >= 0.6 is 11.8 Å². The van der Waals surface area contributed by atoms with Gasteiger partial charge in [0, 0.05) is 25.6 Å². The van der Waals surface area contributed by atoms with Gasteiger partial charge < -0.3 is 10.2 Å². The van der Waals surface area contributed by atoms with E-state index in [2.05, 4.69) is 5.32 Å². The molecule has 3 fully saturated rings. The van der Waals surface area contributed by atoms with Crippen LogP contribution in [0.5, 0.6) is 0 Å². The number of hydrogen-bond donors (Lipinski definition) is 1. The first-order valence-electron chi connectivity index (χ1n) is 9.93. The number of carbonyl (C=O) groups is 4. The molecule has 0 bridgehead atoms. The Hall–Kier alpha value is -2.61. The molecule has 7 nitrogen and oxygen atoms in total. The van der Waals surface area contributed by atoms with Crippen LogP contribution in [0, 0.1) is 5.92 Å². The van der Waals surface area contributed by atoms with Crippen LogP contribution < -0.4 is 5.32 Å². The minimum Gasteiger partial charge on any atom is -0.353 e. The lowest BCUT2D eigenvalue weighted by Crippen LogP contribution is -2.48. The number of thioether (sulfide) groups is 1. The van der Waals surface area contributed by atoms with Crippen LogP contribution in [0.2, 0.25) is 0 Å². The Morgan fingerprint density at radius 1 is 1.14 bits per heavy atom. The van der Waals surface area contributed by atoms with Crippen molar-refractivity contribution < 1.29 is 19.2 Å². The van der Waals surface area contributed by atoms with Gasteiger partial charge in [0.15, 0.2) is 0 Å². The molecule has 8 heteroatoms. The molecule has 1 aromatic carbocycles. The van der Waals surface area contributed by atoms with Gasteiger partial charge in [-0.15, -0.1) is 0 Å². The summed E-state index contributed by atoms with van der Waals surface area (Å²) in [4.78, 5) is 52.8. The average Bonchev–Trinajstić information content (AvgIpc) is 3.40. The summed E-state index contributed by atoms with van der Waals surface area (Å²) in [7, 11) is 0. The second-order valence-corrected chi connectivity index (χ2v) is 8.49. The lowest BCUT2D eigenvalue weighted by atomic mass is 10.2. The predicted molar refractivity (Wildman–Crippen MR) is 110 cm³/mol. The van der Waals surface area contributed by atoms with E-state index in [4.69, 9.17) is 0 Å². The molecule has 0 aromatic heterocycles. The molecule has 1 saturated carbocycles. The fraction of sp³-hybridized carbons (Fsp3) is 0.429. The molecule has 0 radical (unpaired) electrons. The molecule has 2 aliphatic heterocycles. The molecule has 1 aliphatic carbocycles. The van der Waals surface area contributed by atoms with Crippen molar-refractivity contribution in [1.82, 2.24) is 15.1 Å². The summed E-state index contributed by atoms with van der Waals surface area (Å²) in [5.41, 5.74) is 0.855. The van der Waals surface area contributed by atoms with Gasteiger partial charge in [0.2, 0.25) is 11.8 Å². The van der Waals surface area contributed by atoms with E-state index in [-0.39, 0.29) is 42.0 Å². The number of hydrogen-bond acceptors (Lipinski definition) is 5. The Labute approximate surface area is 173 Å². The van der Waals surface area contributed by atoms with Crippen molar-refractivity contribution in [2.24, 2.45) is 5.92 Å². The Bertz CT molecular complexity index is 866. The number of nitrogens with one attached hydrogen (secondary N) is 1. The molecule has 2 heterocycles. The summed E-state index contributed by atoms with van der Waals surface area (Å²) >= 11 is 0.908. The summed E-state index contributed by atoms with van der Waals surface area (Å²) in [6.45, 7) is 0.921. The third-order valence-electron chi connectivity index (χ3n) is 5.37. The average molecular weight is 413 g/mol. The van der Waals surface area contributed by atoms with Crippen LogP contribution in [0.4, 0.5) is 4.79 Å². The summed E-state index contributed by atoms with van der Waals surface area (Å²) < 4.78 is 0. The Morgan fingerprint density at radius 2 is 1.90 bits per heavy atom. The van der Waals surface area contributed by atoms with Crippen molar-refractivity contribution >= 4 is 40.8 Å². The maximum Gasteiger partial charge on any atom is 0.293 e. The molecule has 0 spiro atoms. The zero-order valence-corrected chi connectivity index (χ0v) is 16.8. The highest BCUT2D eigenvalue weighted by atomic mass is 32.2. The quantitative estimate of drug-likeness (QED) is 0.723. The topological polar surface area (TPSA) is 86.8 Å². The minimum absolute atomic E-state index is 0.0830. The summed E-state index contributed by atoms with van der Waals surface area (Å²) in [5, 5.41) is 2.46. The fourth-order valence-electron chi connectivity index (χ4n) is 3.67. The SMILES string of the molecule is O=C(NCCN1C(=O)S/C(=C\c2ccccc2)C1=O)C1CCCN1C(=O)C1CC1. The summed E-state index contributed by atoms with van der Waals surface area (Å²) in [6.07, 6.45) is 5.01. The zero-order chi connectivity index (χ0) is 20.4. The van der Waals surface area contributed by atoms with Crippen LogP contribution in [0.3, 0.4) is 0 Å². The predicted octanol–water partition coefficient (Wildman–Crippen LogP) is 2.24. The van der Waals surface area contributed by atoms with Crippen LogP contribution in [-0.4, -0.2) is 58.4 Å². The van der Waals surface area contributed by atoms with Crippen molar-refractivity contribution in [2.75, 3.05) is 19.6 Å². The Kier molecular flexibility index (Phi) is 5.71. The van der Waals surface area contributed by atoms with E-state index < -0.39 is 6.04 Å². The molecule has 4 amide bonds. The monoisotopic (exact) mass is 413 g/mol. The van der Waals surface area contributed by atoms with Crippen LogP contribution in [0.25, 0.3) is 6.08 Å². The molecular weight excluding hydrogens is 390 g/mol. The Balaban J connectivity index is 1.30. The molecule has 29 heavy (non-hydrogen) atoms. The number of benzene rings is 1. The molecular formula is C21H23N3O4S. The molecule has 1 aromatic rings. The van der Waals surface area contributed by atoms with Gasteiger partial charge in [0.05, 0.1) is 4.91 Å². The first-order valence-corrected chi connectivity index (χ1v) is 10.7. The van der Waals surface area contributed by atoms with E-state index in [1.165, 1.54) is 0 Å². The fourth-order valence-corrected chi connectivity index (χ4v) is 4.54. The molecule has 1 atom stereocenters. The van der Waals surface area contributed by atoms with Crippen molar-refractivity contribution in [1.29, 1.82) is 0 Å². The largest absolute Gasteiger partial charge is 0.353 e. The minimum atomic E-state index is -0.434. The van der Waals surface area contributed by atoms with E-state index in [0.29, 0.717) is 17.9 Å². The smallest absolute Gasteiger partial charge is 0.293 e. The van der Waals surface area contributed by atoms with E-state index in [0.717, 1.165) is 41.5 Å². The number of imide groups is 1. The van der Waals surface area contributed by atoms with E-state index in [1.807, 2.05) is 30.3 Å². The highest BCUT2D eigenvalue weighted by Gasteiger charge is 2.41. The standard InChI is InChI=1S/C21H23N3O4S/c25-18(16-7-4-11-23(16)19(26)15-8-9-15)22-10-12-24-20(27)17(29-21(24)28)13-14-5-2-1-3-6-14/h1-3,5-6,13,15-16H,4,7-12H2,(H,22,25)/b17-13-. The van der Waals surface area contributed by atoms with Crippen molar-refractivity contribution in [3.05, 3.63) is 40.8 Å². The molecule has 2 saturated heterocycles. The Morgan fingerprint density at radius 3 is 2.62 bits per heavy atom. The van der Waals surface area contributed by atoms with Crippen LogP contribution in [-0.2, 0) is 14.4 Å². The number of nitrogens with zero attached hydrogens (tertiary/aromatic N) is 2. The van der Waals surface area contributed by atoms with Gasteiger partial charge in [0.1, 0.15) is 6.04 Å². The first-order chi connectivity index (χ1) is 14.0. The van der Waals surface area contributed by atoms with Crippen LogP contribution in [0.15, 0.2) is 35.2 Å². The second-order valence-electron chi connectivity index (χ2n) is 7.50. The van der Waals surface area contributed by atoms with Crippen LogP contribution in [0.1, 0.15) is 31.2 Å². The molecule has 4 rings (SSSR count). The lowest BCUT2D eigenvalue weighted by Gasteiger charge is -2.24. The van der Waals surface area contributed by atoms with Gasteiger partial charge in [-0.3, -0.25) is 24.1 Å². The van der Waals surface area contributed by atoms with Gasteiger partial charge >= 0.3 is 0 Å². The third-order valence-corrected chi connectivity index (χ3v) is 6.28. The maximum atomic E-state index is 12.5. The van der Waals surface area contributed by atoms with Crippen molar-refractivity contribution in [2.45, 2.75) is 31.7 Å². The molecule has 3 aliphatic rings. The van der Waals surface area contributed by atoms with Gasteiger partial charge in [-0.05, 0) is 49.1 Å². The normalized spacial score (nSPS) is 23.2. The van der Waals surface area contributed by atoms with Gasteiger partial charge in [-0.1, -0.05) is 30.3 Å². The first kappa shape index (κ1) is 19.7. The number of likely N-dealkylation sites (tertiary alicyclic amines) is 1. The molecule has 152 valence electrons. The van der Waals surface area contributed by atoms with Gasteiger partial charge in [-0.25, -0.2) is 0 Å². The summed E-state index contributed by atoms with van der Waals surface area (Å²) in [6, 6.07) is 8.92. The molecule has 1 N–H and O–H groups in total. The van der Waals surface area contributed by atoms with Crippen molar-refractivity contribution in [3.63, 3.8) is 0 Å². The third kappa shape index (κ3) is 4.37. The number of carbonyl (C=O) groups excluding carboxylic acids is 4. The highest BCUT2D eigenvalue weighted by Crippen LogP contribution is 2.34. The highest BCUT2D eigenvalue weighted by molar-refractivity contribution is 8.18. The van der Waals surface area contributed by atoms with Crippen molar-refractivity contribution in [3.8, 4) is 0 Å². The lowest BCUT2D eigenvalue weighted by molar-refractivity contribution is -0.139. The van der Waals surface area contributed by atoms with Gasteiger partial charge in [0.25, 0.3) is 11.1 Å². The van der Waals surface area contributed by atoms with E-state index in [9.17, 15) is 19.2 Å². The number of amides is 4. The summed E-state index contributed by atoms with van der Waals surface area (Å²) in [5.74, 6) is -0.373. The maximum absolute atomic E-state index is 12.5. The molecule has 1 unspecified atom stereocenters. The van der Waals surface area contributed by atoms with Gasteiger partial charge in [-0.2, -0.15) is 0 Å². The van der Waals surface area contributed by atoms with E-state index in [1.54, 1.807) is 11.0 Å². The zero-order valence-electron chi connectivity index (χ0n) is 16.0. The second kappa shape index (κ2) is 8.41. The van der Waals surface area contributed by atoms with E-state index >= 15 is 0 Å². The number of rotatable bonds is 6.